The van der Waals surface area contributed by atoms with Crippen LogP contribution < -0.4 is 0 Å². The first-order valence-electron chi connectivity index (χ1n) is 11.7. The average molecular weight is 493 g/mol. The highest BCUT2D eigenvalue weighted by atomic mass is 32.2. The molecule has 0 amide bonds. The number of hydrogen-bond donors (Lipinski definition) is 1. The minimum Gasteiger partial charge on any atom is -0.481 e. The van der Waals surface area contributed by atoms with E-state index in [1.807, 2.05) is 0 Å². The number of halogens is 2. The molecule has 0 unspecified atom stereocenters. The Bertz CT molecular complexity index is 1160. The molecule has 2 aromatic carbocycles. The summed E-state index contributed by atoms with van der Waals surface area (Å²) in [4.78, 5) is 12.3. The summed E-state index contributed by atoms with van der Waals surface area (Å²) in [7, 11) is -3.71. The number of carboxylic acids is 1. The van der Waals surface area contributed by atoms with E-state index in [9.17, 15) is 27.1 Å². The van der Waals surface area contributed by atoms with Gasteiger partial charge in [-0.05, 0) is 99.7 Å². The molecule has 2 saturated carbocycles. The molecule has 0 radical (unpaired) electrons. The first-order valence-corrected chi connectivity index (χ1v) is 13.2. The lowest BCUT2D eigenvalue weighted by Crippen LogP contribution is -2.46. The van der Waals surface area contributed by atoms with Gasteiger partial charge in [0.25, 0.3) is 0 Å². The maximum absolute atomic E-state index is 14.7. The lowest BCUT2D eigenvalue weighted by Gasteiger charge is -2.45. The Balaban J connectivity index is 1.73. The molecule has 4 rings (SSSR count). The predicted octanol–water partition coefficient (Wildman–Crippen LogP) is 5.37. The Morgan fingerprint density at radius 2 is 1.62 bits per heavy atom. The SMILES string of the molecule is CC(C)S(=O)(=O)c1cc(F)cc([C@]2(OCC3CC3)CC[C@](C(=O)O)(c3ccc(F)cc3)CC2)c1. The van der Waals surface area contributed by atoms with E-state index in [-0.39, 0.29) is 30.6 Å². The van der Waals surface area contributed by atoms with Gasteiger partial charge in [0.05, 0.1) is 27.8 Å². The highest BCUT2D eigenvalue weighted by molar-refractivity contribution is 7.92. The minimum absolute atomic E-state index is 0.0968. The number of carboxylic acid groups (broad SMARTS) is 1. The minimum atomic E-state index is -3.71. The molecule has 184 valence electrons. The first-order chi connectivity index (χ1) is 16.0. The number of carbonyl (C=O) groups is 1. The summed E-state index contributed by atoms with van der Waals surface area (Å²) < 4.78 is 60.1. The second kappa shape index (κ2) is 9.04. The van der Waals surface area contributed by atoms with Crippen molar-refractivity contribution in [3.05, 3.63) is 65.2 Å². The summed E-state index contributed by atoms with van der Waals surface area (Å²) in [6.45, 7) is 3.55. The van der Waals surface area contributed by atoms with Gasteiger partial charge >= 0.3 is 5.97 Å². The van der Waals surface area contributed by atoms with Crippen LogP contribution in [0.4, 0.5) is 8.78 Å². The summed E-state index contributed by atoms with van der Waals surface area (Å²) in [5.41, 5.74) is -1.28. The Hall–Kier alpha value is -2.32. The lowest BCUT2D eigenvalue weighted by molar-refractivity contribution is -0.151. The van der Waals surface area contributed by atoms with Gasteiger partial charge < -0.3 is 9.84 Å². The Morgan fingerprint density at radius 3 is 2.15 bits per heavy atom. The highest BCUT2D eigenvalue weighted by Crippen LogP contribution is 2.50. The molecular weight excluding hydrogens is 462 g/mol. The number of benzene rings is 2. The van der Waals surface area contributed by atoms with Gasteiger partial charge in [0.15, 0.2) is 9.84 Å². The van der Waals surface area contributed by atoms with Gasteiger partial charge in [-0.1, -0.05) is 12.1 Å². The molecule has 5 nitrogen and oxygen atoms in total. The fourth-order valence-electron chi connectivity index (χ4n) is 4.82. The van der Waals surface area contributed by atoms with Crippen LogP contribution in [0.1, 0.15) is 63.5 Å². The maximum atomic E-state index is 14.7. The van der Waals surface area contributed by atoms with Crippen LogP contribution in [0.15, 0.2) is 47.4 Å². The molecule has 0 aromatic heterocycles. The van der Waals surface area contributed by atoms with Crippen molar-refractivity contribution in [2.75, 3.05) is 6.61 Å². The van der Waals surface area contributed by atoms with Crippen LogP contribution in [0, 0.1) is 17.6 Å². The zero-order chi connectivity index (χ0) is 24.7. The van der Waals surface area contributed by atoms with Gasteiger partial charge in [-0.2, -0.15) is 0 Å². The third-order valence-corrected chi connectivity index (χ3v) is 9.49. The van der Waals surface area contributed by atoms with E-state index >= 15 is 0 Å². The zero-order valence-corrected chi connectivity index (χ0v) is 20.2. The molecule has 1 N–H and O–H groups in total. The summed E-state index contributed by atoms with van der Waals surface area (Å²) in [6.07, 6.45) is 3.02. The maximum Gasteiger partial charge on any atom is 0.314 e. The molecule has 0 saturated heterocycles. The van der Waals surface area contributed by atoms with Crippen molar-refractivity contribution in [1.82, 2.24) is 0 Å². The Morgan fingerprint density at radius 1 is 1.00 bits per heavy atom. The number of aliphatic carboxylic acids is 1. The molecule has 0 spiro atoms. The smallest absolute Gasteiger partial charge is 0.314 e. The second-order valence-corrected chi connectivity index (χ2v) is 12.4. The topological polar surface area (TPSA) is 80.7 Å². The standard InChI is InChI=1S/C26H30F2O5S/c1-17(2)34(31,32)23-14-20(13-22(28)15-23)26(33-16-18-3-4-18)11-9-25(10-12-26,24(29)30)19-5-7-21(27)8-6-19/h5-8,13-15,17-18H,3-4,9-12,16H2,1-2H3,(H,29,30)/t25-,26+. The van der Waals surface area contributed by atoms with Crippen molar-refractivity contribution in [2.24, 2.45) is 5.92 Å². The molecule has 2 fully saturated rings. The molecule has 2 aromatic rings. The Kier molecular flexibility index (Phi) is 6.59. The van der Waals surface area contributed by atoms with E-state index in [0.29, 0.717) is 23.7 Å². The highest BCUT2D eigenvalue weighted by Gasteiger charge is 2.50. The van der Waals surface area contributed by atoms with Gasteiger partial charge in [-0.25, -0.2) is 17.2 Å². The van der Waals surface area contributed by atoms with Crippen LogP contribution in [-0.4, -0.2) is 31.4 Å². The second-order valence-electron chi connectivity index (χ2n) is 9.91. The van der Waals surface area contributed by atoms with Crippen molar-refractivity contribution >= 4 is 15.8 Å². The third-order valence-electron chi connectivity index (χ3n) is 7.36. The molecule has 8 heteroatoms. The van der Waals surface area contributed by atoms with E-state index in [2.05, 4.69) is 0 Å². The molecule has 0 aliphatic heterocycles. The fraction of sp³-hybridized carbons (Fsp3) is 0.500. The third kappa shape index (κ3) is 4.62. The molecule has 0 atom stereocenters. The quantitative estimate of drug-likeness (QED) is 0.536. The molecule has 0 bridgehead atoms. The average Bonchev–Trinajstić information content (AvgIpc) is 3.62. The van der Waals surface area contributed by atoms with E-state index < -0.39 is 43.7 Å². The van der Waals surface area contributed by atoms with Crippen LogP contribution in [0.3, 0.4) is 0 Å². The summed E-state index contributed by atoms with van der Waals surface area (Å²) in [5.74, 6) is -1.70. The van der Waals surface area contributed by atoms with E-state index in [0.717, 1.165) is 18.9 Å². The van der Waals surface area contributed by atoms with Crippen molar-refractivity contribution in [3.8, 4) is 0 Å². The Labute approximate surface area is 199 Å². The van der Waals surface area contributed by atoms with Crippen LogP contribution in [-0.2, 0) is 30.4 Å². The number of ether oxygens (including phenoxy) is 1. The van der Waals surface area contributed by atoms with E-state index in [4.69, 9.17) is 4.74 Å². The normalized spacial score (nSPS) is 25.4. The van der Waals surface area contributed by atoms with Gasteiger partial charge in [0.1, 0.15) is 11.6 Å². The first kappa shape index (κ1) is 24.8. The van der Waals surface area contributed by atoms with Gasteiger partial charge in [-0.15, -0.1) is 0 Å². The van der Waals surface area contributed by atoms with Crippen LogP contribution in [0.2, 0.25) is 0 Å². The number of hydrogen-bond acceptors (Lipinski definition) is 4. The molecule has 2 aliphatic carbocycles. The molecule has 0 heterocycles. The molecule has 2 aliphatic rings. The summed E-state index contributed by atoms with van der Waals surface area (Å²) in [5, 5.41) is 9.45. The number of rotatable bonds is 8. The summed E-state index contributed by atoms with van der Waals surface area (Å²) >= 11 is 0. The van der Waals surface area contributed by atoms with Gasteiger partial charge in [-0.3, -0.25) is 4.79 Å². The van der Waals surface area contributed by atoms with Gasteiger partial charge in [0.2, 0.25) is 0 Å². The molecule has 34 heavy (non-hydrogen) atoms. The fourth-order valence-corrected chi connectivity index (χ4v) is 5.93. The van der Waals surface area contributed by atoms with E-state index in [1.165, 1.54) is 36.4 Å². The van der Waals surface area contributed by atoms with Crippen molar-refractivity contribution in [3.63, 3.8) is 0 Å². The monoisotopic (exact) mass is 492 g/mol. The van der Waals surface area contributed by atoms with Crippen LogP contribution >= 0.6 is 0 Å². The van der Waals surface area contributed by atoms with Crippen molar-refractivity contribution in [1.29, 1.82) is 0 Å². The largest absolute Gasteiger partial charge is 0.481 e. The van der Waals surface area contributed by atoms with Crippen molar-refractivity contribution in [2.45, 2.75) is 73.5 Å². The predicted molar refractivity (Wildman–Crippen MR) is 123 cm³/mol. The van der Waals surface area contributed by atoms with Gasteiger partial charge in [0, 0.05) is 0 Å². The molecular formula is C26H30F2O5S. The zero-order valence-electron chi connectivity index (χ0n) is 19.4. The van der Waals surface area contributed by atoms with Crippen molar-refractivity contribution < 1.29 is 31.8 Å². The van der Waals surface area contributed by atoms with Crippen LogP contribution in [0.25, 0.3) is 0 Å². The summed E-state index contributed by atoms with van der Waals surface area (Å²) in [6, 6.07) is 9.31. The number of sulfone groups is 1. The lowest BCUT2D eigenvalue weighted by atomic mass is 9.63. The van der Waals surface area contributed by atoms with E-state index in [1.54, 1.807) is 13.8 Å². The van der Waals surface area contributed by atoms with Crippen LogP contribution in [0.5, 0.6) is 0 Å².